The molecule has 4 rings (SSSR count). The maximum atomic E-state index is 14.5. The van der Waals surface area contributed by atoms with E-state index in [2.05, 4.69) is 16.0 Å². The molecule has 4 aromatic carbocycles. The summed E-state index contributed by atoms with van der Waals surface area (Å²) in [4.78, 5) is 39.2. The average molecular weight is 590 g/mol. The standard InChI is InChI=1S/C31H25ClFN3O4S/c1-40-28-13-6-5-12-26(28)35-29(37)19-41-22-16-14-21(15-17-22)34-31(39)27(18-23-24(32)10-7-11-25(23)33)36-30(38)20-8-3-2-4-9-20/h2-18H,19H2,1H3,(H,34,39)(H,35,37)(H,36,38)/b27-18-. The van der Waals surface area contributed by atoms with Crippen molar-refractivity contribution in [2.45, 2.75) is 4.90 Å². The zero-order valence-electron chi connectivity index (χ0n) is 21.8. The van der Waals surface area contributed by atoms with E-state index in [1.807, 2.05) is 6.07 Å². The summed E-state index contributed by atoms with van der Waals surface area (Å²) in [6, 6.07) is 26.4. The number of methoxy groups -OCH3 is 1. The Morgan fingerprint density at radius 1 is 0.878 bits per heavy atom. The molecule has 7 nitrogen and oxygen atoms in total. The molecule has 0 saturated heterocycles. The Balaban J connectivity index is 1.43. The van der Waals surface area contributed by atoms with Gasteiger partial charge in [-0.05, 0) is 66.7 Å². The number of nitrogens with one attached hydrogen (secondary N) is 3. The first-order valence-corrected chi connectivity index (χ1v) is 13.7. The van der Waals surface area contributed by atoms with E-state index in [4.69, 9.17) is 16.3 Å². The summed E-state index contributed by atoms with van der Waals surface area (Å²) >= 11 is 7.47. The Hall–Kier alpha value is -4.60. The summed E-state index contributed by atoms with van der Waals surface area (Å²) in [6.45, 7) is 0. The number of thioether (sulfide) groups is 1. The number of halogens is 2. The predicted molar refractivity (Wildman–Crippen MR) is 161 cm³/mol. The minimum atomic E-state index is -0.676. The highest BCUT2D eigenvalue weighted by atomic mass is 35.5. The SMILES string of the molecule is COc1ccccc1NC(=O)CSc1ccc(NC(=O)/C(=C/c2c(F)cccc2Cl)NC(=O)c2ccccc2)cc1. The molecule has 10 heteroatoms. The molecule has 4 aromatic rings. The first-order valence-electron chi connectivity index (χ1n) is 12.3. The number of rotatable bonds is 10. The molecule has 0 aromatic heterocycles. The Labute approximate surface area is 245 Å². The summed E-state index contributed by atoms with van der Waals surface area (Å²) in [7, 11) is 1.53. The van der Waals surface area contributed by atoms with Crippen molar-refractivity contribution in [1.29, 1.82) is 0 Å². The van der Waals surface area contributed by atoms with Gasteiger partial charge >= 0.3 is 0 Å². The molecular weight excluding hydrogens is 565 g/mol. The van der Waals surface area contributed by atoms with Crippen LogP contribution in [0.5, 0.6) is 5.75 Å². The van der Waals surface area contributed by atoms with Gasteiger partial charge in [-0.15, -0.1) is 11.8 Å². The van der Waals surface area contributed by atoms with Crippen molar-refractivity contribution in [3.8, 4) is 5.75 Å². The summed E-state index contributed by atoms with van der Waals surface area (Å²) in [5.41, 5.74) is 1.10. The van der Waals surface area contributed by atoms with Gasteiger partial charge in [0.05, 0.1) is 23.6 Å². The number of hydrogen-bond donors (Lipinski definition) is 3. The van der Waals surface area contributed by atoms with Crippen LogP contribution in [0, 0.1) is 5.82 Å². The van der Waals surface area contributed by atoms with Gasteiger partial charge in [0.25, 0.3) is 11.8 Å². The van der Waals surface area contributed by atoms with Crippen LogP contribution >= 0.6 is 23.4 Å². The molecule has 0 radical (unpaired) electrons. The maximum Gasteiger partial charge on any atom is 0.272 e. The molecule has 0 fully saturated rings. The second kappa shape index (κ2) is 14.2. The zero-order chi connectivity index (χ0) is 29.2. The van der Waals surface area contributed by atoms with Crippen molar-refractivity contribution in [3.05, 3.63) is 125 Å². The molecule has 0 aliphatic rings. The number of anilines is 2. The molecule has 0 saturated carbocycles. The molecule has 208 valence electrons. The molecule has 0 heterocycles. The molecule has 0 aliphatic carbocycles. The third-order valence-corrected chi connectivity index (χ3v) is 7.02. The number of carbonyl (C=O) groups is 3. The molecule has 3 amide bonds. The minimum Gasteiger partial charge on any atom is -0.495 e. The molecule has 41 heavy (non-hydrogen) atoms. The van der Waals surface area contributed by atoms with Crippen molar-refractivity contribution < 1.29 is 23.5 Å². The van der Waals surface area contributed by atoms with Crippen LogP contribution in [0.15, 0.2) is 108 Å². The van der Waals surface area contributed by atoms with Crippen molar-refractivity contribution in [2.24, 2.45) is 0 Å². The Morgan fingerprint density at radius 2 is 1.59 bits per heavy atom. The summed E-state index contributed by atoms with van der Waals surface area (Å²) in [5.74, 6) is -1.34. The number of hydrogen-bond acceptors (Lipinski definition) is 5. The first kappa shape index (κ1) is 29.4. The highest BCUT2D eigenvalue weighted by Crippen LogP contribution is 2.25. The summed E-state index contributed by atoms with van der Waals surface area (Å²) in [5, 5.41) is 8.16. The van der Waals surface area contributed by atoms with Crippen LogP contribution in [0.1, 0.15) is 15.9 Å². The summed E-state index contributed by atoms with van der Waals surface area (Å²) in [6.07, 6.45) is 1.19. The normalized spacial score (nSPS) is 11.0. The second-order valence-corrected chi connectivity index (χ2v) is 9.99. The minimum absolute atomic E-state index is 0.0363. The fraction of sp³-hybridized carbons (Fsp3) is 0.0645. The quantitative estimate of drug-likeness (QED) is 0.143. The topological polar surface area (TPSA) is 96.5 Å². The van der Waals surface area contributed by atoms with Gasteiger partial charge in [-0.3, -0.25) is 14.4 Å². The van der Waals surface area contributed by atoms with E-state index in [-0.39, 0.29) is 27.9 Å². The fourth-order valence-corrected chi connectivity index (χ4v) is 4.57. The lowest BCUT2D eigenvalue weighted by Gasteiger charge is -2.12. The predicted octanol–water partition coefficient (Wildman–Crippen LogP) is 6.63. The number of amides is 3. The molecule has 0 unspecified atom stereocenters. The van der Waals surface area contributed by atoms with Crippen molar-refractivity contribution in [1.82, 2.24) is 5.32 Å². The van der Waals surface area contributed by atoms with Gasteiger partial charge in [-0.1, -0.05) is 48.0 Å². The third-order valence-electron chi connectivity index (χ3n) is 5.68. The highest BCUT2D eigenvalue weighted by molar-refractivity contribution is 8.00. The Morgan fingerprint density at radius 3 is 2.29 bits per heavy atom. The largest absolute Gasteiger partial charge is 0.495 e. The van der Waals surface area contributed by atoms with Gasteiger partial charge in [0, 0.05) is 21.7 Å². The molecule has 0 atom stereocenters. The van der Waals surface area contributed by atoms with Gasteiger partial charge in [0.2, 0.25) is 5.91 Å². The van der Waals surface area contributed by atoms with E-state index in [0.29, 0.717) is 22.7 Å². The van der Waals surface area contributed by atoms with Crippen LogP contribution in [0.2, 0.25) is 5.02 Å². The fourth-order valence-electron chi connectivity index (χ4n) is 3.65. The maximum absolute atomic E-state index is 14.5. The number of benzene rings is 4. The monoisotopic (exact) mass is 589 g/mol. The zero-order valence-corrected chi connectivity index (χ0v) is 23.4. The molecule has 0 spiro atoms. The lowest BCUT2D eigenvalue weighted by molar-refractivity contribution is -0.114. The van der Waals surface area contributed by atoms with Crippen LogP contribution in [-0.2, 0) is 9.59 Å². The van der Waals surface area contributed by atoms with Crippen LogP contribution in [-0.4, -0.2) is 30.6 Å². The van der Waals surface area contributed by atoms with Gasteiger partial charge in [-0.25, -0.2) is 4.39 Å². The highest BCUT2D eigenvalue weighted by Gasteiger charge is 2.17. The first-order chi connectivity index (χ1) is 19.8. The van der Waals surface area contributed by atoms with Gasteiger partial charge < -0.3 is 20.7 Å². The Kier molecular flexibility index (Phi) is 10.1. The van der Waals surface area contributed by atoms with E-state index in [9.17, 15) is 18.8 Å². The van der Waals surface area contributed by atoms with E-state index in [0.717, 1.165) is 4.90 Å². The number of ether oxygens (including phenoxy) is 1. The second-order valence-electron chi connectivity index (χ2n) is 8.53. The van der Waals surface area contributed by atoms with Gasteiger partial charge in [0.1, 0.15) is 17.3 Å². The smallest absolute Gasteiger partial charge is 0.272 e. The lowest BCUT2D eigenvalue weighted by Crippen LogP contribution is -2.30. The van der Waals surface area contributed by atoms with Crippen LogP contribution < -0.4 is 20.7 Å². The van der Waals surface area contributed by atoms with E-state index >= 15 is 0 Å². The van der Waals surface area contributed by atoms with Gasteiger partial charge in [-0.2, -0.15) is 0 Å². The molecule has 0 bridgehead atoms. The van der Waals surface area contributed by atoms with Crippen LogP contribution in [0.4, 0.5) is 15.8 Å². The summed E-state index contributed by atoms with van der Waals surface area (Å²) < 4.78 is 19.7. The van der Waals surface area contributed by atoms with Crippen molar-refractivity contribution in [3.63, 3.8) is 0 Å². The van der Waals surface area contributed by atoms with E-state index < -0.39 is 17.6 Å². The lowest BCUT2D eigenvalue weighted by atomic mass is 10.1. The van der Waals surface area contributed by atoms with Crippen LogP contribution in [0.25, 0.3) is 6.08 Å². The molecule has 3 N–H and O–H groups in total. The molecule has 0 aliphatic heterocycles. The van der Waals surface area contributed by atoms with E-state index in [1.54, 1.807) is 72.8 Å². The van der Waals surface area contributed by atoms with E-state index in [1.165, 1.54) is 43.1 Å². The number of para-hydroxylation sites is 2. The number of carbonyl (C=O) groups excluding carboxylic acids is 3. The average Bonchev–Trinajstić information content (AvgIpc) is 2.98. The van der Waals surface area contributed by atoms with Crippen molar-refractivity contribution in [2.75, 3.05) is 23.5 Å². The third kappa shape index (κ3) is 8.20. The Bertz CT molecular complexity index is 1560. The van der Waals surface area contributed by atoms with Crippen molar-refractivity contribution >= 4 is 58.5 Å². The van der Waals surface area contributed by atoms with Gasteiger partial charge in [0.15, 0.2) is 0 Å². The molecular formula is C31H25ClFN3O4S. The van der Waals surface area contributed by atoms with Crippen LogP contribution in [0.3, 0.4) is 0 Å².